The van der Waals surface area contributed by atoms with Gasteiger partial charge in [0.25, 0.3) is 11.8 Å². The van der Waals surface area contributed by atoms with Crippen molar-refractivity contribution in [2.75, 3.05) is 19.8 Å². The first-order valence-electron chi connectivity index (χ1n) is 9.07. The van der Waals surface area contributed by atoms with Crippen LogP contribution in [0.25, 0.3) is 0 Å². The van der Waals surface area contributed by atoms with E-state index in [9.17, 15) is 14.4 Å². The highest BCUT2D eigenvalue weighted by atomic mass is 16.5. The Morgan fingerprint density at radius 3 is 1.93 bits per heavy atom. The van der Waals surface area contributed by atoms with Crippen LogP contribution in [0, 0.1) is 13.8 Å². The molecule has 29 heavy (non-hydrogen) atoms. The molecule has 0 saturated heterocycles. The maximum absolute atomic E-state index is 11.8. The third-order valence-electron chi connectivity index (χ3n) is 3.83. The van der Waals surface area contributed by atoms with E-state index < -0.39 is 17.8 Å². The molecule has 0 aliphatic rings. The second kappa shape index (κ2) is 10.7. The molecule has 2 aromatic rings. The van der Waals surface area contributed by atoms with Crippen LogP contribution < -0.4 is 20.3 Å². The molecular formula is C21H24N2O6. The van der Waals surface area contributed by atoms with E-state index in [1.165, 1.54) is 12.1 Å². The number of carbonyl (C=O) groups is 3. The van der Waals surface area contributed by atoms with Crippen molar-refractivity contribution in [3.63, 3.8) is 0 Å². The van der Waals surface area contributed by atoms with Crippen LogP contribution in [0.1, 0.15) is 28.4 Å². The number of nitrogens with one attached hydrogen (secondary N) is 2. The monoisotopic (exact) mass is 400 g/mol. The van der Waals surface area contributed by atoms with Crippen molar-refractivity contribution in [1.29, 1.82) is 0 Å². The van der Waals surface area contributed by atoms with Gasteiger partial charge in [-0.15, -0.1) is 0 Å². The molecule has 0 aliphatic carbocycles. The van der Waals surface area contributed by atoms with E-state index in [1.54, 1.807) is 19.1 Å². The number of para-hydroxylation sites is 1. The smallest absolute Gasteiger partial charge is 0.338 e. The molecule has 0 atom stereocenters. The lowest BCUT2D eigenvalue weighted by Gasteiger charge is -2.12. The van der Waals surface area contributed by atoms with Gasteiger partial charge in [0, 0.05) is 0 Å². The average molecular weight is 400 g/mol. The van der Waals surface area contributed by atoms with Gasteiger partial charge in [-0.05, 0) is 56.2 Å². The minimum atomic E-state index is -0.542. The van der Waals surface area contributed by atoms with Crippen molar-refractivity contribution in [1.82, 2.24) is 10.9 Å². The molecule has 154 valence electrons. The van der Waals surface area contributed by atoms with Crippen molar-refractivity contribution < 1.29 is 28.6 Å². The lowest BCUT2D eigenvalue weighted by molar-refractivity contribution is -0.131. The highest BCUT2D eigenvalue weighted by Crippen LogP contribution is 2.21. The highest BCUT2D eigenvalue weighted by Gasteiger charge is 2.10. The standard InChI is InChI=1S/C21H24N2O6/c1-4-27-21(26)16-8-10-17(11-9-16)28-12-18(24)22-23-19(25)13-29-20-14(2)6-5-7-15(20)3/h5-11H,4,12-13H2,1-3H3,(H,22,24)(H,23,25). The van der Waals surface area contributed by atoms with E-state index in [-0.39, 0.29) is 13.2 Å². The van der Waals surface area contributed by atoms with E-state index in [1.807, 2.05) is 32.0 Å². The molecule has 2 rings (SSSR count). The summed E-state index contributed by atoms with van der Waals surface area (Å²) in [6.45, 7) is 5.25. The predicted octanol–water partition coefficient (Wildman–Crippen LogP) is 2.09. The molecule has 8 heteroatoms. The molecule has 0 saturated carbocycles. The first-order chi connectivity index (χ1) is 13.9. The van der Waals surface area contributed by atoms with Gasteiger partial charge < -0.3 is 14.2 Å². The largest absolute Gasteiger partial charge is 0.484 e. The summed E-state index contributed by atoms with van der Waals surface area (Å²) in [4.78, 5) is 35.2. The Hall–Kier alpha value is -3.55. The van der Waals surface area contributed by atoms with E-state index in [4.69, 9.17) is 14.2 Å². The van der Waals surface area contributed by atoms with Gasteiger partial charge in [-0.25, -0.2) is 4.79 Å². The normalized spacial score (nSPS) is 10.0. The van der Waals surface area contributed by atoms with Crippen LogP contribution in [0.3, 0.4) is 0 Å². The highest BCUT2D eigenvalue weighted by molar-refractivity contribution is 5.89. The third-order valence-corrected chi connectivity index (χ3v) is 3.83. The summed E-state index contributed by atoms with van der Waals surface area (Å²) in [5.74, 6) is -0.427. The topological polar surface area (TPSA) is 103 Å². The lowest BCUT2D eigenvalue weighted by atomic mass is 10.1. The predicted molar refractivity (Wildman–Crippen MR) is 106 cm³/mol. The maximum atomic E-state index is 11.8. The van der Waals surface area contributed by atoms with Gasteiger partial charge in [0.15, 0.2) is 13.2 Å². The zero-order valence-corrected chi connectivity index (χ0v) is 16.6. The van der Waals surface area contributed by atoms with Gasteiger partial charge in [0.2, 0.25) is 0 Å². The van der Waals surface area contributed by atoms with Crippen molar-refractivity contribution in [3.8, 4) is 11.5 Å². The van der Waals surface area contributed by atoms with Crippen LogP contribution in [0.15, 0.2) is 42.5 Å². The summed E-state index contributed by atoms with van der Waals surface area (Å²) in [7, 11) is 0. The van der Waals surface area contributed by atoms with Crippen LogP contribution >= 0.6 is 0 Å². The SMILES string of the molecule is CCOC(=O)c1ccc(OCC(=O)NNC(=O)COc2c(C)cccc2C)cc1. The number of ether oxygens (including phenoxy) is 3. The number of amides is 2. The summed E-state index contributed by atoms with van der Waals surface area (Å²) in [5, 5.41) is 0. The lowest BCUT2D eigenvalue weighted by Crippen LogP contribution is -2.45. The number of aryl methyl sites for hydroxylation is 2. The fraction of sp³-hybridized carbons (Fsp3) is 0.286. The second-order valence-corrected chi connectivity index (χ2v) is 6.14. The van der Waals surface area contributed by atoms with Crippen LogP contribution in [0.4, 0.5) is 0 Å². The first kappa shape index (κ1) is 21.7. The van der Waals surface area contributed by atoms with E-state index in [2.05, 4.69) is 10.9 Å². The van der Waals surface area contributed by atoms with E-state index in [0.29, 0.717) is 23.7 Å². The Labute approximate surface area is 169 Å². The molecule has 2 amide bonds. The number of carbonyl (C=O) groups excluding carboxylic acids is 3. The Morgan fingerprint density at radius 1 is 0.828 bits per heavy atom. The number of hydrazine groups is 1. The van der Waals surface area contributed by atoms with Crippen molar-refractivity contribution in [2.45, 2.75) is 20.8 Å². The van der Waals surface area contributed by atoms with Crippen molar-refractivity contribution >= 4 is 17.8 Å². The fourth-order valence-electron chi connectivity index (χ4n) is 2.43. The first-order valence-corrected chi connectivity index (χ1v) is 9.07. The zero-order chi connectivity index (χ0) is 21.2. The Morgan fingerprint density at radius 2 is 1.38 bits per heavy atom. The summed E-state index contributed by atoms with van der Waals surface area (Å²) in [6.07, 6.45) is 0. The number of benzene rings is 2. The summed E-state index contributed by atoms with van der Waals surface area (Å²) < 4.78 is 15.7. The maximum Gasteiger partial charge on any atom is 0.338 e. The fourth-order valence-corrected chi connectivity index (χ4v) is 2.43. The van der Waals surface area contributed by atoms with Gasteiger partial charge >= 0.3 is 5.97 Å². The molecular weight excluding hydrogens is 376 g/mol. The molecule has 0 fully saturated rings. The minimum Gasteiger partial charge on any atom is -0.484 e. The Bertz CT molecular complexity index is 844. The summed E-state index contributed by atoms with van der Waals surface area (Å²) in [5.41, 5.74) is 6.74. The second-order valence-electron chi connectivity index (χ2n) is 6.14. The van der Waals surface area contributed by atoms with Crippen LogP contribution in [0.5, 0.6) is 11.5 Å². The van der Waals surface area contributed by atoms with Gasteiger partial charge in [-0.2, -0.15) is 0 Å². The third kappa shape index (κ3) is 6.84. The van der Waals surface area contributed by atoms with Gasteiger partial charge in [0.1, 0.15) is 11.5 Å². The number of rotatable bonds is 8. The molecule has 2 aromatic carbocycles. The molecule has 0 spiro atoms. The van der Waals surface area contributed by atoms with Crippen molar-refractivity contribution in [2.24, 2.45) is 0 Å². The average Bonchev–Trinajstić information content (AvgIpc) is 2.71. The van der Waals surface area contributed by atoms with Crippen molar-refractivity contribution in [3.05, 3.63) is 59.2 Å². The minimum absolute atomic E-state index is 0.234. The molecule has 2 N–H and O–H groups in total. The van der Waals surface area contributed by atoms with Gasteiger partial charge in [-0.3, -0.25) is 20.4 Å². The van der Waals surface area contributed by atoms with Crippen LogP contribution in [-0.4, -0.2) is 37.6 Å². The number of hydrogen-bond donors (Lipinski definition) is 2. The van der Waals surface area contributed by atoms with Crippen LogP contribution in [-0.2, 0) is 14.3 Å². The molecule has 0 radical (unpaired) electrons. The Balaban J connectivity index is 1.71. The molecule has 0 unspecified atom stereocenters. The number of esters is 1. The number of hydrogen-bond acceptors (Lipinski definition) is 6. The van der Waals surface area contributed by atoms with Crippen LogP contribution in [0.2, 0.25) is 0 Å². The molecule has 0 aromatic heterocycles. The van der Waals surface area contributed by atoms with Gasteiger partial charge in [-0.1, -0.05) is 18.2 Å². The molecule has 0 heterocycles. The van der Waals surface area contributed by atoms with Gasteiger partial charge in [0.05, 0.1) is 12.2 Å². The zero-order valence-electron chi connectivity index (χ0n) is 16.6. The van der Waals surface area contributed by atoms with E-state index >= 15 is 0 Å². The summed E-state index contributed by atoms with van der Waals surface area (Å²) in [6, 6.07) is 11.9. The molecule has 0 bridgehead atoms. The summed E-state index contributed by atoms with van der Waals surface area (Å²) >= 11 is 0. The quantitative estimate of drug-likeness (QED) is 0.520. The molecule has 8 nitrogen and oxygen atoms in total. The Kier molecular flexibility index (Phi) is 8.02. The van der Waals surface area contributed by atoms with E-state index in [0.717, 1.165) is 11.1 Å². The molecule has 0 aliphatic heterocycles.